The van der Waals surface area contributed by atoms with Gasteiger partial charge in [-0.05, 0) is 53.3 Å². The summed E-state index contributed by atoms with van der Waals surface area (Å²) in [4.78, 5) is 15.1. The summed E-state index contributed by atoms with van der Waals surface area (Å²) in [7, 11) is -3.59. The van der Waals surface area contributed by atoms with Crippen LogP contribution in [0.4, 0.5) is 11.4 Å². The van der Waals surface area contributed by atoms with Gasteiger partial charge in [-0.3, -0.25) is 9.52 Å². The Bertz CT molecular complexity index is 1110. The van der Waals surface area contributed by atoms with E-state index in [2.05, 4.69) is 4.72 Å². The molecule has 8 heteroatoms. The maximum Gasteiger partial charge on any atom is 0.268 e. The van der Waals surface area contributed by atoms with Gasteiger partial charge in [0.1, 0.15) is 0 Å². The molecule has 1 aliphatic rings. The minimum Gasteiger partial charge on any atom is -0.307 e. The lowest BCUT2D eigenvalue weighted by Gasteiger charge is -2.17. The van der Waals surface area contributed by atoms with Crippen LogP contribution in [0.2, 0.25) is 5.02 Å². The zero-order valence-corrected chi connectivity index (χ0v) is 17.2. The van der Waals surface area contributed by atoms with Gasteiger partial charge in [0.15, 0.2) is 0 Å². The molecule has 0 bridgehead atoms. The van der Waals surface area contributed by atoms with Crippen LogP contribution in [0.5, 0.6) is 0 Å². The van der Waals surface area contributed by atoms with Gasteiger partial charge in [-0.2, -0.15) is 0 Å². The Hall–Kier alpha value is -2.35. The molecular formula is C20H17ClN2O3S2. The first-order valence-corrected chi connectivity index (χ1v) is 11.6. The highest BCUT2D eigenvalue weighted by atomic mass is 35.5. The number of nitrogens with one attached hydrogen (secondary N) is 1. The lowest BCUT2D eigenvalue weighted by molar-refractivity contribution is 0.0993. The number of nitrogens with zero attached hydrogens (tertiary/aromatic N) is 1. The van der Waals surface area contributed by atoms with Crippen molar-refractivity contribution in [1.29, 1.82) is 0 Å². The number of rotatable bonds is 5. The largest absolute Gasteiger partial charge is 0.307 e. The van der Waals surface area contributed by atoms with Crippen LogP contribution in [0, 0.1) is 0 Å². The van der Waals surface area contributed by atoms with Gasteiger partial charge in [-0.25, -0.2) is 8.42 Å². The Morgan fingerprint density at radius 3 is 2.64 bits per heavy atom. The third kappa shape index (κ3) is 4.06. The first-order valence-electron chi connectivity index (χ1n) is 8.64. The molecule has 0 aliphatic carbocycles. The van der Waals surface area contributed by atoms with Crippen molar-refractivity contribution in [1.82, 2.24) is 0 Å². The maximum absolute atomic E-state index is 12.7. The summed E-state index contributed by atoms with van der Waals surface area (Å²) in [5.74, 6) is -0.214. The molecule has 0 saturated carbocycles. The molecule has 0 saturated heterocycles. The third-order valence-electron chi connectivity index (χ3n) is 4.50. The van der Waals surface area contributed by atoms with E-state index in [0.29, 0.717) is 27.7 Å². The van der Waals surface area contributed by atoms with E-state index in [1.54, 1.807) is 47.4 Å². The summed E-state index contributed by atoms with van der Waals surface area (Å²) in [6.07, 6.45) is 0.754. The molecule has 2 heterocycles. The minimum atomic E-state index is -3.59. The van der Waals surface area contributed by atoms with E-state index < -0.39 is 10.0 Å². The van der Waals surface area contributed by atoms with Crippen molar-refractivity contribution >= 4 is 50.2 Å². The average molecular weight is 433 g/mol. The molecule has 0 fully saturated rings. The van der Waals surface area contributed by atoms with Gasteiger partial charge in [0, 0.05) is 17.3 Å². The van der Waals surface area contributed by atoms with E-state index in [1.807, 2.05) is 17.5 Å². The predicted octanol–water partition coefficient (Wildman–Crippen LogP) is 4.55. The first-order chi connectivity index (χ1) is 13.4. The first kappa shape index (κ1) is 19.0. The van der Waals surface area contributed by atoms with Crippen LogP contribution >= 0.6 is 22.9 Å². The van der Waals surface area contributed by atoms with Crippen LogP contribution in [0.1, 0.15) is 20.8 Å². The van der Waals surface area contributed by atoms with Crippen molar-refractivity contribution in [2.45, 2.75) is 12.2 Å². The molecule has 2 aromatic carbocycles. The molecule has 28 heavy (non-hydrogen) atoms. The summed E-state index contributed by atoms with van der Waals surface area (Å²) < 4.78 is 27.7. The lowest BCUT2D eigenvalue weighted by atomic mass is 10.1. The SMILES string of the molecule is O=C(c1cccs1)N1CCc2ccc(NS(=O)(=O)Cc3ccc(Cl)cc3)cc21. The molecule has 5 nitrogen and oxygen atoms in total. The molecule has 0 unspecified atom stereocenters. The molecule has 0 spiro atoms. The Morgan fingerprint density at radius 2 is 1.93 bits per heavy atom. The topological polar surface area (TPSA) is 66.5 Å². The average Bonchev–Trinajstić information content (AvgIpc) is 3.32. The van der Waals surface area contributed by atoms with Crippen LogP contribution in [0.15, 0.2) is 60.0 Å². The number of amides is 1. The van der Waals surface area contributed by atoms with Crippen molar-refractivity contribution in [3.05, 3.63) is 81.0 Å². The third-order valence-corrected chi connectivity index (χ3v) is 6.87. The Balaban J connectivity index is 1.54. The molecule has 144 valence electrons. The number of carbonyl (C=O) groups excluding carboxylic acids is 1. The molecule has 1 N–H and O–H groups in total. The minimum absolute atomic E-state index is 0.0603. The number of thiophene rings is 1. The van der Waals surface area contributed by atoms with Crippen molar-refractivity contribution in [2.75, 3.05) is 16.2 Å². The van der Waals surface area contributed by atoms with Gasteiger partial charge in [0.05, 0.1) is 16.3 Å². The van der Waals surface area contributed by atoms with E-state index in [1.165, 1.54) is 11.3 Å². The Labute approximate surface area is 172 Å². The Kier molecular flexibility index (Phi) is 5.14. The van der Waals surface area contributed by atoms with Crippen molar-refractivity contribution in [2.24, 2.45) is 0 Å². The summed E-state index contributed by atoms with van der Waals surface area (Å²) in [6.45, 7) is 0.590. The Morgan fingerprint density at radius 1 is 1.14 bits per heavy atom. The normalized spacial score (nSPS) is 13.4. The predicted molar refractivity (Wildman–Crippen MR) is 114 cm³/mol. The smallest absolute Gasteiger partial charge is 0.268 e. The van der Waals surface area contributed by atoms with Crippen LogP contribution in [-0.4, -0.2) is 20.9 Å². The van der Waals surface area contributed by atoms with Gasteiger partial charge in [-0.15, -0.1) is 11.3 Å². The monoisotopic (exact) mass is 432 g/mol. The summed E-state index contributed by atoms with van der Waals surface area (Å²) in [5.41, 5.74) is 2.88. The van der Waals surface area contributed by atoms with Crippen LogP contribution < -0.4 is 9.62 Å². The second-order valence-electron chi connectivity index (χ2n) is 6.52. The van der Waals surface area contributed by atoms with E-state index in [4.69, 9.17) is 11.6 Å². The molecular weight excluding hydrogens is 416 g/mol. The number of halogens is 1. The summed E-state index contributed by atoms with van der Waals surface area (Å²) in [5, 5.41) is 2.43. The van der Waals surface area contributed by atoms with Gasteiger partial charge in [-0.1, -0.05) is 35.9 Å². The van der Waals surface area contributed by atoms with E-state index in [0.717, 1.165) is 17.7 Å². The molecule has 4 rings (SSSR count). The van der Waals surface area contributed by atoms with Gasteiger partial charge in [0.25, 0.3) is 5.91 Å². The number of anilines is 2. The molecule has 1 aliphatic heterocycles. The molecule has 1 amide bonds. The second-order valence-corrected chi connectivity index (χ2v) is 9.62. The van der Waals surface area contributed by atoms with E-state index >= 15 is 0 Å². The summed E-state index contributed by atoms with van der Waals surface area (Å²) >= 11 is 7.24. The van der Waals surface area contributed by atoms with Gasteiger partial charge >= 0.3 is 0 Å². The highest BCUT2D eigenvalue weighted by molar-refractivity contribution is 7.91. The highest BCUT2D eigenvalue weighted by Crippen LogP contribution is 2.33. The number of fused-ring (bicyclic) bond motifs is 1. The molecule has 3 aromatic rings. The fourth-order valence-electron chi connectivity index (χ4n) is 3.20. The fraction of sp³-hybridized carbons (Fsp3) is 0.150. The lowest BCUT2D eigenvalue weighted by Crippen LogP contribution is -2.28. The zero-order chi connectivity index (χ0) is 19.7. The maximum atomic E-state index is 12.7. The van der Waals surface area contributed by atoms with Gasteiger partial charge in [0.2, 0.25) is 10.0 Å². The van der Waals surface area contributed by atoms with Crippen molar-refractivity contribution in [3.8, 4) is 0 Å². The van der Waals surface area contributed by atoms with Crippen LogP contribution in [0.25, 0.3) is 0 Å². The van der Waals surface area contributed by atoms with E-state index in [-0.39, 0.29) is 11.7 Å². The number of hydrogen-bond donors (Lipinski definition) is 1. The molecule has 1 aromatic heterocycles. The van der Waals surface area contributed by atoms with Crippen molar-refractivity contribution < 1.29 is 13.2 Å². The molecule has 0 radical (unpaired) electrons. The molecule has 0 atom stereocenters. The van der Waals surface area contributed by atoms with Gasteiger partial charge < -0.3 is 4.90 Å². The number of sulfonamides is 1. The second kappa shape index (κ2) is 7.58. The van der Waals surface area contributed by atoms with E-state index in [9.17, 15) is 13.2 Å². The summed E-state index contributed by atoms with van der Waals surface area (Å²) in [6, 6.07) is 15.7. The fourth-order valence-corrected chi connectivity index (χ4v) is 5.19. The zero-order valence-electron chi connectivity index (χ0n) is 14.8. The number of benzene rings is 2. The quantitative estimate of drug-likeness (QED) is 0.643. The van der Waals surface area contributed by atoms with Crippen LogP contribution in [0.3, 0.4) is 0 Å². The number of carbonyl (C=O) groups is 1. The number of hydrogen-bond acceptors (Lipinski definition) is 4. The standard InChI is InChI=1S/C20H17ClN2O3S2/c21-16-6-3-14(4-7-16)13-28(25,26)22-17-8-5-15-9-10-23(18(15)12-17)20(24)19-2-1-11-27-19/h1-8,11-12,22H,9-10,13H2. The van der Waals surface area contributed by atoms with Crippen LogP contribution in [-0.2, 0) is 22.2 Å². The highest BCUT2D eigenvalue weighted by Gasteiger charge is 2.26. The van der Waals surface area contributed by atoms with Crippen molar-refractivity contribution in [3.63, 3.8) is 0 Å².